The monoisotopic (exact) mass is 229 g/mol. The first-order valence-electron chi connectivity index (χ1n) is 5.54. The molecule has 0 saturated heterocycles. The maximum Gasteiger partial charge on any atom is 0.326 e. The lowest BCUT2D eigenvalue weighted by molar-refractivity contribution is -0.138. The number of nitrogens with zero attached hydrogens (tertiary/aromatic N) is 1. The number of rotatable bonds is 3. The summed E-state index contributed by atoms with van der Waals surface area (Å²) in [6.45, 7) is 1.68. The van der Waals surface area contributed by atoms with Gasteiger partial charge in [-0.15, -0.1) is 0 Å². The molecule has 0 bridgehead atoms. The minimum absolute atomic E-state index is 0.541. The van der Waals surface area contributed by atoms with Crippen LogP contribution >= 0.6 is 0 Å². The maximum atomic E-state index is 11.0. The van der Waals surface area contributed by atoms with Gasteiger partial charge in [0.1, 0.15) is 6.04 Å². The SMILES string of the molecule is C[C@@H](C(=O)O)N(C)c1cccc2ccccc12. The summed E-state index contributed by atoms with van der Waals surface area (Å²) in [5, 5.41) is 11.2. The minimum atomic E-state index is -0.819. The Kier molecular flexibility index (Phi) is 3.00. The van der Waals surface area contributed by atoms with Crippen LogP contribution in [0.1, 0.15) is 6.92 Å². The van der Waals surface area contributed by atoms with Gasteiger partial charge >= 0.3 is 5.97 Å². The number of benzene rings is 2. The molecule has 88 valence electrons. The van der Waals surface area contributed by atoms with Gasteiger partial charge in [0.05, 0.1) is 0 Å². The maximum absolute atomic E-state index is 11.0. The van der Waals surface area contributed by atoms with Crippen LogP contribution in [0.25, 0.3) is 10.8 Å². The molecule has 17 heavy (non-hydrogen) atoms. The first-order valence-corrected chi connectivity index (χ1v) is 5.54. The molecule has 0 amide bonds. The van der Waals surface area contributed by atoms with Crippen LogP contribution in [0, 0.1) is 0 Å². The number of carboxylic acid groups (broad SMARTS) is 1. The zero-order valence-electron chi connectivity index (χ0n) is 9.92. The summed E-state index contributed by atoms with van der Waals surface area (Å²) in [5.41, 5.74) is 0.943. The van der Waals surface area contributed by atoms with Gasteiger partial charge in [-0.1, -0.05) is 36.4 Å². The summed E-state index contributed by atoms with van der Waals surface area (Å²) in [5.74, 6) is -0.819. The number of hydrogen-bond acceptors (Lipinski definition) is 2. The van der Waals surface area contributed by atoms with Gasteiger partial charge in [0.15, 0.2) is 0 Å². The fraction of sp³-hybridized carbons (Fsp3) is 0.214. The zero-order chi connectivity index (χ0) is 12.4. The van der Waals surface area contributed by atoms with Gasteiger partial charge in [-0.3, -0.25) is 0 Å². The quantitative estimate of drug-likeness (QED) is 0.879. The predicted molar refractivity (Wildman–Crippen MR) is 69.4 cm³/mol. The second kappa shape index (κ2) is 4.45. The van der Waals surface area contributed by atoms with E-state index in [1.165, 1.54) is 0 Å². The van der Waals surface area contributed by atoms with Gasteiger partial charge in [0, 0.05) is 18.1 Å². The lowest BCUT2D eigenvalue weighted by Crippen LogP contribution is -2.35. The van der Waals surface area contributed by atoms with Crippen molar-refractivity contribution in [1.82, 2.24) is 0 Å². The molecule has 0 radical (unpaired) electrons. The van der Waals surface area contributed by atoms with E-state index in [4.69, 9.17) is 5.11 Å². The highest BCUT2D eigenvalue weighted by atomic mass is 16.4. The van der Waals surface area contributed by atoms with E-state index in [0.717, 1.165) is 16.5 Å². The van der Waals surface area contributed by atoms with Crippen LogP contribution < -0.4 is 4.90 Å². The molecule has 0 aliphatic rings. The molecule has 0 saturated carbocycles. The summed E-state index contributed by atoms with van der Waals surface area (Å²) < 4.78 is 0. The van der Waals surface area contributed by atoms with Gasteiger partial charge in [-0.05, 0) is 18.4 Å². The van der Waals surface area contributed by atoms with Gasteiger partial charge in [0.2, 0.25) is 0 Å². The first kappa shape index (κ1) is 11.5. The highest BCUT2D eigenvalue weighted by molar-refractivity contribution is 5.95. The summed E-state index contributed by atoms with van der Waals surface area (Å²) >= 11 is 0. The Labute approximate surface area is 100 Å². The van der Waals surface area contributed by atoms with Crippen LogP contribution in [0.15, 0.2) is 42.5 Å². The van der Waals surface area contributed by atoms with E-state index in [1.807, 2.05) is 42.5 Å². The average molecular weight is 229 g/mol. The van der Waals surface area contributed by atoms with E-state index in [9.17, 15) is 4.79 Å². The highest BCUT2D eigenvalue weighted by Crippen LogP contribution is 2.26. The Bertz CT molecular complexity index is 545. The Morgan fingerprint density at radius 2 is 1.82 bits per heavy atom. The number of hydrogen-bond donors (Lipinski definition) is 1. The Balaban J connectivity index is 2.52. The van der Waals surface area contributed by atoms with Crippen LogP contribution in [-0.2, 0) is 4.79 Å². The van der Waals surface area contributed by atoms with Crippen LogP contribution in [0.2, 0.25) is 0 Å². The first-order chi connectivity index (χ1) is 8.11. The van der Waals surface area contributed by atoms with Crippen LogP contribution in [-0.4, -0.2) is 24.2 Å². The van der Waals surface area contributed by atoms with Crippen molar-refractivity contribution in [2.24, 2.45) is 0 Å². The fourth-order valence-corrected chi connectivity index (χ4v) is 1.89. The third-order valence-corrected chi connectivity index (χ3v) is 3.08. The molecule has 1 atom stereocenters. The van der Waals surface area contributed by atoms with Crippen molar-refractivity contribution in [1.29, 1.82) is 0 Å². The smallest absolute Gasteiger partial charge is 0.326 e. The summed E-state index contributed by atoms with van der Waals surface area (Å²) in [6.07, 6.45) is 0. The Morgan fingerprint density at radius 3 is 2.53 bits per heavy atom. The van der Waals surface area contributed by atoms with Crippen molar-refractivity contribution < 1.29 is 9.90 Å². The van der Waals surface area contributed by atoms with Crippen molar-refractivity contribution in [2.45, 2.75) is 13.0 Å². The minimum Gasteiger partial charge on any atom is -0.480 e. The number of likely N-dealkylation sites (N-methyl/N-ethyl adjacent to an activating group) is 1. The second-order valence-corrected chi connectivity index (χ2v) is 4.12. The molecule has 2 rings (SSSR count). The molecule has 3 heteroatoms. The molecule has 0 aliphatic heterocycles. The van der Waals surface area contributed by atoms with E-state index in [1.54, 1.807) is 18.9 Å². The van der Waals surface area contributed by atoms with E-state index in [-0.39, 0.29) is 0 Å². The predicted octanol–water partition coefficient (Wildman–Crippen LogP) is 2.75. The molecule has 0 unspecified atom stereocenters. The number of anilines is 1. The molecule has 0 spiro atoms. The second-order valence-electron chi connectivity index (χ2n) is 4.12. The van der Waals surface area contributed by atoms with E-state index < -0.39 is 12.0 Å². The number of fused-ring (bicyclic) bond motifs is 1. The molecular formula is C14H15NO2. The van der Waals surface area contributed by atoms with E-state index in [2.05, 4.69) is 0 Å². The topological polar surface area (TPSA) is 40.5 Å². The van der Waals surface area contributed by atoms with Gasteiger partial charge in [-0.2, -0.15) is 0 Å². The van der Waals surface area contributed by atoms with Crippen LogP contribution in [0.5, 0.6) is 0 Å². The van der Waals surface area contributed by atoms with Crippen molar-refractivity contribution >= 4 is 22.4 Å². The van der Waals surface area contributed by atoms with Crippen molar-refractivity contribution in [3.05, 3.63) is 42.5 Å². The summed E-state index contributed by atoms with van der Waals surface area (Å²) in [6, 6.07) is 13.4. The molecule has 0 fully saturated rings. The molecule has 1 N–H and O–H groups in total. The zero-order valence-corrected chi connectivity index (χ0v) is 9.92. The van der Waals surface area contributed by atoms with Crippen LogP contribution in [0.4, 0.5) is 5.69 Å². The standard InChI is InChI=1S/C14H15NO2/c1-10(14(16)17)15(2)13-9-5-7-11-6-3-4-8-12(11)13/h3-10H,1-2H3,(H,16,17)/t10-/m0/s1. The molecule has 3 nitrogen and oxygen atoms in total. The van der Waals surface area contributed by atoms with Crippen molar-refractivity contribution in [3.8, 4) is 0 Å². The third kappa shape index (κ3) is 2.09. The lowest BCUT2D eigenvalue weighted by atomic mass is 10.1. The fourth-order valence-electron chi connectivity index (χ4n) is 1.89. The van der Waals surface area contributed by atoms with Gasteiger partial charge in [-0.25, -0.2) is 4.79 Å². The lowest BCUT2D eigenvalue weighted by Gasteiger charge is -2.25. The number of aliphatic carboxylic acids is 1. The molecular weight excluding hydrogens is 214 g/mol. The largest absolute Gasteiger partial charge is 0.480 e. The summed E-state index contributed by atoms with van der Waals surface area (Å²) in [4.78, 5) is 12.8. The summed E-state index contributed by atoms with van der Waals surface area (Å²) in [7, 11) is 1.81. The highest BCUT2D eigenvalue weighted by Gasteiger charge is 2.18. The van der Waals surface area contributed by atoms with Gasteiger partial charge < -0.3 is 10.0 Å². The molecule has 0 aromatic heterocycles. The Hall–Kier alpha value is -2.03. The van der Waals surface area contributed by atoms with Crippen molar-refractivity contribution in [2.75, 3.05) is 11.9 Å². The van der Waals surface area contributed by atoms with Crippen molar-refractivity contribution in [3.63, 3.8) is 0 Å². The third-order valence-electron chi connectivity index (χ3n) is 3.08. The van der Waals surface area contributed by atoms with E-state index in [0.29, 0.717) is 0 Å². The van der Waals surface area contributed by atoms with Crippen LogP contribution in [0.3, 0.4) is 0 Å². The molecule has 2 aromatic rings. The molecule has 2 aromatic carbocycles. The van der Waals surface area contributed by atoms with Gasteiger partial charge in [0.25, 0.3) is 0 Å². The molecule has 0 heterocycles. The average Bonchev–Trinajstić information content (AvgIpc) is 2.36. The Morgan fingerprint density at radius 1 is 1.18 bits per heavy atom. The molecule has 0 aliphatic carbocycles. The number of carbonyl (C=O) groups is 1. The normalized spacial score (nSPS) is 12.4. The number of carboxylic acids is 1. The van der Waals surface area contributed by atoms with E-state index >= 15 is 0 Å².